The highest BCUT2D eigenvalue weighted by atomic mass is 35.5. The molecule has 0 aromatic carbocycles. The van der Waals surface area contributed by atoms with Gasteiger partial charge in [-0.1, -0.05) is 6.42 Å². The van der Waals surface area contributed by atoms with E-state index in [1.807, 2.05) is 7.05 Å². The molecule has 0 aliphatic carbocycles. The van der Waals surface area contributed by atoms with Crippen LogP contribution in [0.4, 0.5) is 0 Å². The highest BCUT2D eigenvalue weighted by Crippen LogP contribution is 2.21. The van der Waals surface area contributed by atoms with Gasteiger partial charge in [-0.05, 0) is 58.8 Å². The minimum absolute atomic E-state index is 0. The van der Waals surface area contributed by atoms with E-state index in [2.05, 4.69) is 15.1 Å². The average molecular weight is 340 g/mol. The molecule has 6 heteroatoms. The summed E-state index contributed by atoms with van der Waals surface area (Å²) in [5.74, 6) is 0.370. The van der Waals surface area contributed by atoms with Crippen LogP contribution in [0.1, 0.15) is 44.9 Å². The van der Waals surface area contributed by atoms with Gasteiger partial charge in [-0.15, -0.1) is 24.8 Å². The summed E-state index contributed by atoms with van der Waals surface area (Å²) in [5.41, 5.74) is 0. The van der Waals surface area contributed by atoms with Crippen molar-refractivity contribution in [2.45, 2.75) is 51.0 Å². The summed E-state index contributed by atoms with van der Waals surface area (Å²) in [7, 11) is 1.94. The zero-order valence-corrected chi connectivity index (χ0v) is 14.8. The molecule has 2 saturated heterocycles. The van der Waals surface area contributed by atoms with Gasteiger partial charge < -0.3 is 15.1 Å². The molecular formula is C15H31Cl2N3O. The second kappa shape index (κ2) is 11.5. The summed E-state index contributed by atoms with van der Waals surface area (Å²) in [6.45, 7) is 5.50. The third-order valence-electron chi connectivity index (χ3n) is 4.43. The number of halogens is 2. The maximum Gasteiger partial charge on any atom is 0.222 e. The van der Waals surface area contributed by atoms with Crippen molar-refractivity contribution >= 4 is 30.7 Å². The quantitative estimate of drug-likeness (QED) is 0.754. The number of rotatable bonds is 6. The molecule has 1 amide bonds. The van der Waals surface area contributed by atoms with E-state index in [0.717, 1.165) is 26.1 Å². The molecule has 1 N–H and O–H groups in total. The first-order valence-electron chi connectivity index (χ1n) is 7.97. The predicted octanol–water partition coefficient (Wildman–Crippen LogP) is 2.31. The molecule has 2 rings (SSSR count). The number of likely N-dealkylation sites (tertiary alicyclic amines) is 2. The van der Waals surface area contributed by atoms with Crippen LogP contribution in [0.5, 0.6) is 0 Å². The molecule has 0 aromatic rings. The molecule has 126 valence electrons. The summed E-state index contributed by atoms with van der Waals surface area (Å²) >= 11 is 0. The Morgan fingerprint density at radius 3 is 2.48 bits per heavy atom. The van der Waals surface area contributed by atoms with E-state index < -0.39 is 0 Å². The Bertz CT molecular complexity index is 286. The fourth-order valence-corrected chi connectivity index (χ4v) is 3.35. The van der Waals surface area contributed by atoms with Crippen LogP contribution < -0.4 is 5.32 Å². The van der Waals surface area contributed by atoms with E-state index in [4.69, 9.17) is 0 Å². The lowest BCUT2D eigenvalue weighted by atomic mass is 10.1. The number of piperidine rings is 1. The normalized spacial score (nSPS) is 22.5. The van der Waals surface area contributed by atoms with Crippen LogP contribution in [0, 0.1) is 0 Å². The first kappa shape index (κ1) is 21.0. The summed E-state index contributed by atoms with van der Waals surface area (Å²) in [5, 5.41) is 3.11. The Kier molecular flexibility index (Phi) is 11.5. The first-order chi connectivity index (χ1) is 9.31. The van der Waals surface area contributed by atoms with Gasteiger partial charge in [0.05, 0.1) is 0 Å². The first-order valence-corrected chi connectivity index (χ1v) is 7.97. The van der Waals surface area contributed by atoms with E-state index in [9.17, 15) is 4.79 Å². The van der Waals surface area contributed by atoms with Crippen LogP contribution in [0.2, 0.25) is 0 Å². The molecule has 2 fully saturated rings. The monoisotopic (exact) mass is 339 g/mol. The molecule has 0 saturated carbocycles. The van der Waals surface area contributed by atoms with Gasteiger partial charge >= 0.3 is 0 Å². The number of amides is 1. The number of hydrogen-bond donors (Lipinski definition) is 1. The van der Waals surface area contributed by atoms with Crippen molar-refractivity contribution < 1.29 is 4.79 Å². The fraction of sp³-hybridized carbons (Fsp3) is 0.933. The summed E-state index contributed by atoms with van der Waals surface area (Å²) in [4.78, 5) is 17.0. The predicted molar refractivity (Wildman–Crippen MR) is 92.7 cm³/mol. The van der Waals surface area contributed by atoms with Crippen molar-refractivity contribution in [2.75, 3.05) is 39.8 Å². The van der Waals surface area contributed by atoms with Gasteiger partial charge in [0, 0.05) is 25.6 Å². The van der Waals surface area contributed by atoms with Gasteiger partial charge in [0.15, 0.2) is 0 Å². The second-order valence-corrected chi connectivity index (χ2v) is 5.95. The summed E-state index contributed by atoms with van der Waals surface area (Å²) in [6, 6.07) is 0.486. The van der Waals surface area contributed by atoms with Crippen LogP contribution in [0.15, 0.2) is 0 Å². The topological polar surface area (TPSA) is 35.6 Å². The van der Waals surface area contributed by atoms with Gasteiger partial charge in [-0.2, -0.15) is 0 Å². The molecule has 0 bridgehead atoms. The van der Waals surface area contributed by atoms with Crippen molar-refractivity contribution in [2.24, 2.45) is 0 Å². The lowest BCUT2D eigenvalue weighted by Gasteiger charge is -2.33. The van der Waals surface area contributed by atoms with E-state index in [1.165, 1.54) is 45.2 Å². The largest absolute Gasteiger partial charge is 0.338 e. The molecule has 4 nitrogen and oxygen atoms in total. The Morgan fingerprint density at radius 1 is 1.10 bits per heavy atom. The molecule has 0 radical (unpaired) electrons. The Morgan fingerprint density at radius 2 is 1.81 bits per heavy atom. The number of hydrogen-bond acceptors (Lipinski definition) is 3. The molecule has 0 aromatic heterocycles. The van der Waals surface area contributed by atoms with Crippen LogP contribution in [0.3, 0.4) is 0 Å². The van der Waals surface area contributed by atoms with E-state index in [-0.39, 0.29) is 24.8 Å². The van der Waals surface area contributed by atoms with Gasteiger partial charge in [-0.25, -0.2) is 0 Å². The summed E-state index contributed by atoms with van der Waals surface area (Å²) in [6.07, 6.45) is 8.11. The Hall–Kier alpha value is -0.0300. The Balaban J connectivity index is 0.00000200. The molecule has 21 heavy (non-hydrogen) atoms. The van der Waals surface area contributed by atoms with Gasteiger partial charge in [0.25, 0.3) is 0 Å². The number of nitrogens with zero attached hydrogens (tertiary/aromatic N) is 2. The second-order valence-electron chi connectivity index (χ2n) is 5.95. The van der Waals surface area contributed by atoms with Crippen LogP contribution in [-0.4, -0.2) is 61.5 Å². The molecule has 2 heterocycles. The lowest BCUT2D eigenvalue weighted by molar-refractivity contribution is -0.132. The fourth-order valence-electron chi connectivity index (χ4n) is 3.35. The third-order valence-corrected chi connectivity index (χ3v) is 4.43. The average Bonchev–Trinajstić information content (AvgIpc) is 2.88. The van der Waals surface area contributed by atoms with Crippen molar-refractivity contribution in [3.05, 3.63) is 0 Å². The molecule has 1 unspecified atom stereocenters. The zero-order chi connectivity index (χ0) is 13.5. The van der Waals surface area contributed by atoms with Crippen LogP contribution in [-0.2, 0) is 4.79 Å². The third kappa shape index (κ3) is 6.72. The molecule has 2 aliphatic heterocycles. The van der Waals surface area contributed by atoms with E-state index >= 15 is 0 Å². The lowest BCUT2D eigenvalue weighted by Crippen LogP contribution is -2.44. The van der Waals surface area contributed by atoms with Crippen molar-refractivity contribution in [3.63, 3.8) is 0 Å². The molecule has 0 spiro atoms. The van der Waals surface area contributed by atoms with Gasteiger partial charge in [-0.3, -0.25) is 4.79 Å². The molecule has 2 aliphatic rings. The number of carbonyl (C=O) groups excluding carboxylic acids is 1. The molecule has 1 atom stereocenters. The zero-order valence-electron chi connectivity index (χ0n) is 13.2. The maximum absolute atomic E-state index is 12.3. The standard InChI is InChI=1S/C15H29N3O.2ClH/c1-16-9-5-8-15(19)18-12-6-7-14(18)13-17-10-3-2-4-11-17;;/h14,16H,2-13H2,1H3;2*1H. The minimum atomic E-state index is 0. The van der Waals surface area contributed by atoms with E-state index in [0.29, 0.717) is 18.4 Å². The van der Waals surface area contributed by atoms with E-state index in [1.54, 1.807) is 0 Å². The highest BCUT2D eigenvalue weighted by molar-refractivity contribution is 5.85. The maximum atomic E-state index is 12.3. The van der Waals surface area contributed by atoms with Crippen LogP contribution in [0.25, 0.3) is 0 Å². The van der Waals surface area contributed by atoms with Crippen molar-refractivity contribution in [3.8, 4) is 0 Å². The highest BCUT2D eigenvalue weighted by Gasteiger charge is 2.29. The summed E-state index contributed by atoms with van der Waals surface area (Å²) < 4.78 is 0. The number of nitrogens with one attached hydrogen (secondary N) is 1. The van der Waals surface area contributed by atoms with Crippen molar-refractivity contribution in [1.82, 2.24) is 15.1 Å². The van der Waals surface area contributed by atoms with Gasteiger partial charge in [0.2, 0.25) is 5.91 Å². The smallest absolute Gasteiger partial charge is 0.222 e. The minimum Gasteiger partial charge on any atom is -0.338 e. The van der Waals surface area contributed by atoms with Crippen molar-refractivity contribution in [1.29, 1.82) is 0 Å². The molecular weight excluding hydrogens is 309 g/mol. The van der Waals surface area contributed by atoms with Crippen LogP contribution >= 0.6 is 24.8 Å². The van der Waals surface area contributed by atoms with Gasteiger partial charge in [0.1, 0.15) is 0 Å². The Labute approximate surface area is 141 Å². The number of carbonyl (C=O) groups is 1. The SMILES string of the molecule is CNCCCC(=O)N1CCCC1CN1CCCCC1.Cl.Cl.